The van der Waals surface area contributed by atoms with Gasteiger partial charge in [0.25, 0.3) is 5.91 Å². The molecule has 0 bridgehead atoms. The Morgan fingerprint density at radius 3 is 2.41 bits per heavy atom. The van der Waals surface area contributed by atoms with Crippen LogP contribution >= 0.6 is 0 Å². The van der Waals surface area contributed by atoms with Gasteiger partial charge < -0.3 is 15.6 Å². The number of guanidine groups is 1. The summed E-state index contributed by atoms with van der Waals surface area (Å²) in [5.41, 5.74) is 8.28. The van der Waals surface area contributed by atoms with Crippen molar-refractivity contribution in [3.8, 4) is 0 Å². The standard InChI is InChI=1S/C21H33N5O/c1-6-25(7-2)12-9-13-26(20(22)23)19(27)18-14-15-16(21(3,4)5)10-8-11-17(15)24-18/h8,10-11,14,24H,6-7,9,12-13H2,1-5H3,(H3,22,23). The van der Waals surface area contributed by atoms with Gasteiger partial charge in [-0.2, -0.15) is 0 Å². The quantitative estimate of drug-likeness (QED) is 0.514. The van der Waals surface area contributed by atoms with Crippen LogP contribution in [0.5, 0.6) is 0 Å². The first-order valence-electron chi connectivity index (χ1n) is 9.69. The van der Waals surface area contributed by atoms with E-state index in [0.29, 0.717) is 12.2 Å². The number of nitrogens with two attached hydrogens (primary N) is 1. The second-order valence-corrected chi connectivity index (χ2v) is 7.92. The summed E-state index contributed by atoms with van der Waals surface area (Å²) in [6, 6.07) is 7.95. The molecule has 1 heterocycles. The molecular weight excluding hydrogens is 338 g/mol. The molecule has 0 aliphatic carbocycles. The smallest absolute Gasteiger partial charge is 0.276 e. The van der Waals surface area contributed by atoms with E-state index in [9.17, 15) is 4.79 Å². The van der Waals surface area contributed by atoms with Crippen molar-refractivity contribution in [3.63, 3.8) is 0 Å². The van der Waals surface area contributed by atoms with Crippen molar-refractivity contribution in [1.82, 2.24) is 14.8 Å². The molecular formula is C21H33N5O. The first kappa shape index (κ1) is 21.0. The second-order valence-electron chi connectivity index (χ2n) is 7.92. The molecule has 148 valence electrons. The van der Waals surface area contributed by atoms with E-state index in [-0.39, 0.29) is 17.3 Å². The normalized spacial score (nSPS) is 11.9. The number of hydrogen-bond donors (Lipinski definition) is 3. The average Bonchev–Trinajstić information content (AvgIpc) is 3.04. The SMILES string of the molecule is CCN(CC)CCCN(C(=N)N)C(=O)c1cc2c(C(C)(C)C)cccc2[nH]1. The molecule has 0 aliphatic heterocycles. The largest absolute Gasteiger partial charge is 0.370 e. The van der Waals surface area contributed by atoms with Crippen LogP contribution in [0.15, 0.2) is 24.3 Å². The zero-order valence-electron chi connectivity index (χ0n) is 17.2. The number of rotatable bonds is 7. The van der Waals surface area contributed by atoms with Crippen molar-refractivity contribution in [3.05, 3.63) is 35.5 Å². The summed E-state index contributed by atoms with van der Waals surface area (Å²) in [5.74, 6) is -0.465. The molecule has 1 amide bonds. The number of H-pyrrole nitrogens is 1. The van der Waals surface area contributed by atoms with Gasteiger partial charge in [-0.05, 0) is 49.2 Å². The van der Waals surface area contributed by atoms with E-state index in [0.717, 1.165) is 37.0 Å². The minimum atomic E-state index is -0.252. The van der Waals surface area contributed by atoms with Crippen molar-refractivity contribution in [1.29, 1.82) is 5.41 Å². The van der Waals surface area contributed by atoms with Crippen molar-refractivity contribution in [2.75, 3.05) is 26.2 Å². The molecule has 2 aromatic rings. The fourth-order valence-electron chi connectivity index (χ4n) is 3.39. The summed E-state index contributed by atoms with van der Waals surface area (Å²) in [5, 5.41) is 8.88. The number of aromatic nitrogens is 1. The molecule has 6 nitrogen and oxygen atoms in total. The Bertz CT molecular complexity index is 798. The van der Waals surface area contributed by atoms with Crippen LogP contribution in [0, 0.1) is 5.41 Å². The van der Waals surface area contributed by atoms with Crippen LogP contribution in [0.3, 0.4) is 0 Å². The van der Waals surface area contributed by atoms with Crippen LogP contribution in [0.25, 0.3) is 10.9 Å². The maximum atomic E-state index is 13.0. The highest BCUT2D eigenvalue weighted by atomic mass is 16.2. The van der Waals surface area contributed by atoms with Crippen LogP contribution in [-0.4, -0.2) is 52.8 Å². The molecule has 1 aromatic carbocycles. The number of nitrogens with zero attached hydrogens (tertiary/aromatic N) is 2. The predicted octanol–water partition coefficient (Wildman–Crippen LogP) is 3.53. The predicted molar refractivity (Wildman–Crippen MR) is 112 cm³/mol. The van der Waals surface area contributed by atoms with Gasteiger partial charge in [0.05, 0.1) is 0 Å². The van der Waals surface area contributed by atoms with Crippen LogP contribution in [0.2, 0.25) is 0 Å². The fraction of sp³-hybridized carbons (Fsp3) is 0.524. The minimum Gasteiger partial charge on any atom is -0.370 e. The number of nitrogens with one attached hydrogen (secondary N) is 2. The van der Waals surface area contributed by atoms with E-state index in [1.54, 1.807) is 0 Å². The Hall–Kier alpha value is -2.34. The third kappa shape index (κ3) is 4.89. The van der Waals surface area contributed by atoms with Crippen molar-refractivity contribution in [2.45, 2.75) is 46.5 Å². The van der Waals surface area contributed by atoms with Crippen LogP contribution in [-0.2, 0) is 5.41 Å². The zero-order valence-corrected chi connectivity index (χ0v) is 17.2. The Kier molecular flexibility index (Phi) is 6.65. The Morgan fingerprint density at radius 1 is 1.19 bits per heavy atom. The van der Waals surface area contributed by atoms with Gasteiger partial charge >= 0.3 is 0 Å². The Balaban J connectivity index is 2.24. The summed E-state index contributed by atoms with van der Waals surface area (Å²) < 4.78 is 0. The van der Waals surface area contributed by atoms with E-state index in [1.807, 2.05) is 18.2 Å². The third-order valence-corrected chi connectivity index (χ3v) is 4.99. The Morgan fingerprint density at radius 2 is 1.85 bits per heavy atom. The fourth-order valence-corrected chi connectivity index (χ4v) is 3.39. The number of aromatic amines is 1. The van der Waals surface area contributed by atoms with Crippen LogP contribution in [0.4, 0.5) is 0 Å². The molecule has 0 radical (unpaired) electrons. The molecule has 6 heteroatoms. The molecule has 0 spiro atoms. The summed E-state index contributed by atoms with van der Waals surface area (Å²) in [7, 11) is 0. The molecule has 27 heavy (non-hydrogen) atoms. The van der Waals surface area contributed by atoms with Crippen molar-refractivity contribution in [2.24, 2.45) is 5.73 Å². The minimum absolute atomic E-state index is 0.0218. The van der Waals surface area contributed by atoms with E-state index in [4.69, 9.17) is 11.1 Å². The van der Waals surface area contributed by atoms with Crippen molar-refractivity contribution >= 4 is 22.8 Å². The monoisotopic (exact) mass is 371 g/mol. The molecule has 0 fully saturated rings. The van der Waals surface area contributed by atoms with Gasteiger partial charge in [0.1, 0.15) is 5.69 Å². The lowest BCUT2D eigenvalue weighted by Crippen LogP contribution is -2.43. The molecule has 0 aliphatic rings. The van der Waals surface area contributed by atoms with E-state index < -0.39 is 0 Å². The van der Waals surface area contributed by atoms with Gasteiger partial charge in [0.2, 0.25) is 0 Å². The number of benzene rings is 1. The van der Waals surface area contributed by atoms with E-state index in [1.165, 1.54) is 10.5 Å². The van der Waals surface area contributed by atoms with Crippen molar-refractivity contribution < 1.29 is 4.79 Å². The van der Waals surface area contributed by atoms with Gasteiger partial charge in [-0.15, -0.1) is 0 Å². The zero-order chi connectivity index (χ0) is 20.2. The highest BCUT2D eigenvalue weighted by Gasteiger charge is 2.23. The molecule has 4 N–H and O–H groups in total. The first-order chi connectivity index (χ1) is 12.7. The average molecular weight is 372 g/mol. The lowest BCUT2D eigenvalue weighted by molar-refractivity contribution is 0.0835. The maximum absolute atomic E-state index is 13.0. The molecule has 2 rings (SSSR count). The molecule has 0 atom stereocenters. The summed E-state index contributed by atoms with van der Waals surface area (Å²) in [6.45, 7) is 14.0. The molecule has 0 saturated heterocycles. The molecule has 0 saturated carbocycles. The maximum Gasteiger partial charge on any atom is 0.276 e. The van der Waals surface area contributed by atoms with Gasteiger partial charge in [-0.3, -0.25) is 15.1 Å². The van der Waals surface area contributed by atoms with Crippen LogP contribution in [0.1, 0.15) is 57.1 Å². The van der Waals surface area contributed by atoms with Gasteiger partial charge in [-0.25, -0.2) is 0 Å². The second kappa shape index (κ2) is 8.57. The summed E-state index contributed by atoms with van der Waals surface area (Å²) in [6.07, 6.45) is 0.778. The van der Waals surface area contributed by atoms with Crippen LogP contribution < -0.4 is 5.73 Å². The highest BCUT2D eigenvalue weighted by Crippen LogP contribution is 2.30. The third-order valence-electron chi connectivity index (χ3n) is 4.99. The number of carbonyl (C=O) groups is 1. The van der Waals surface area contributed by atoms with Gasteiger partial charge in [-0.1, -0.05) is 46.8 Å². The van der Waals surface area contributed by atoms with Gasteiger partial charge in [0.15, 0.2) is 5.96 Å². The summed E-state index contributed by atoms with van der Waals surface area (Å²) >= 11 is 0. The molecule has 0 unspecified atom stereocenters. The van der Waals surface area contributed by atoms with E-state index in [2.05, 4.69) is 50.6 Å². The molecule has 1 aromatic heterocycles. The topological polar surface area (TPSA) is 89.2 Å². The van der Waals surface area contributed by atoms with E-state index >= 15 is 0 Å². The van der Waals surface area contributed by atoms with Gasteiger partial charge in [0, 0.05) is 17.4 Å². The first-order valence-corrected chi connectivity index (χ1v) is 9.69. The Labute approximate surface area is 162 Å². The lowest BCUT2D eigenvalue weighted by Gasteiger charge is -2.23. The number of hydrogen-bond acceptors (Lipinski definition) is 3. The number of carbonyl (C=O) groups excluding carboxylic acids is 1. The highest BCUT2D eigenvalue weighted by molar-refractivity contribution is 6.06. The summed E-state index contributed by atoms with van der Waals surface area (Å²) in [4.78, 5) is 19.8. The number of fused-ring (bicyclic) bond motifs is 1. The lowest BCUT2D eigenvalue weighted by atomic mass is 9.85. The number of amides is 1.